The zero-order chi connectivity index (χ0) is 24.1. The zero-order valence-electron chi connectivity index (χ0n) is 18.6. The number of anilines is 1. The standard InChI is InChI=1S/C25H23FN4O4/c1-3-20(32)28-7-8-29(14(2)13-28)22-16-11-15(21-18(26)5-4-6-19(21)31)24-23(16)30(9-10-34-24)25(33)17(22)12-27/h3-6,11,14-15,31H,1,7-10,13H2,2H3/t14-,15?/m0/s1. The van der Waals surface area contributed by atoms with Crippen molar-refractivity contribution in [1.29, 1.82) is 5.26 Å². The summed E-state index contributed by atoms with van der Waals surface area (Å²) >= 11 is 0. The molecule has 1 aromatic heterocycles. The van der Waals surface area contributed by atoms with Crippen LogP contribution in [0.25, 0.3) is 11.8 Å². The molecule has 1 N–H and O–H groups in total. The summed E-state index contributed by atoms with van der Waals surface area (Å²) in [5.41, 5.74) is 0.0949. The Morgan fingerprint density at radius 3 is 2.82 bits per heavy atom. The Hall–Kier alpha value is -4.06. The number of rotatable bonds is 3. The number of piperazine rings is 1. The van der Waals surface area contributed by atoms with Crippen molar-refractivity contribution in [2.24, 2.45) is 0 Å². The third kappa shape index (κ3) is 3.10. The fraction of sp³-hybridized carbons (Fsp3) is 0.320. The summed E-state index contributed by atoms with van der Waals surface area (Å²) in [5.74, 6) is -1.33. The lowest BCUT2D eigenvalue weighted by molar-refractivity contribution is -0.126. The predicted molar refractivity (Wildman–Crippen MR) is 123 cm³/mol. The lowest BCUT2D eigenvalue weighted by Gasteiger charge is -2.41. The van der Waals surface area contributed by atoms with Crippen LogP contribution in [0.15, 0.2) is 35.6 Å². The summed E-state index contributed by atoms with van der Waals surface area (Å²) < 4.78 is 22.3. The van der Waals surface area contributed by atoms with Gasteiger partial charge in [0.2, 0.25) is 5.91 Å². The van der Waals surface area contributed by atoms with Gasteiger partial charge < -0.3 is 24.2 Å². The molecule has 1 unspecified atom stereocenters. The van der Waals surface area contributed by atoms with Crippen LogP contribution in [-0.4, -0.2) is 52.8 Å². The molecule has 2 aromatic rings. The van der Waals surface area contributed by atoms with Gasteiger partial charge in [0.25, 0.3) is 5.56 Å². The minimum Gasteiger partial charge on any atom is -0.508 e. The van der Waals surface area contributed by atoms with Crippen molar-refractivity contribution in [3.8, 4) is 11.8 Å². The molecule has 2 atom stereocenters. The number of ether oxygens (including phenoxy) is 1. The van der Waals surface area contributed by atoms with Crippen LogP contribution >= 0.6 is 0 Å². The van der Waals surface area contributed by atoms with Crippen molar-refractivity contribution in [2.75, 3.05) is 31.1 Å². The van der Waals surface area contributed by atoms with Crippen molar-refractivity contribution in [2.45, 2.75) is 25.4 Å². The largest absolute Gasteiger partial charge is 0.508 e. The van der Waals surface area contributed by atoms with Crippen molar-refractivity contribution >= 4 is 23.4 Å². The Kier molecular flexibility index (Phi) is 5.16. The Balaban J connectivity index is 1.75. The molecule has 2 aliphatic heterocycles. The molecule has 0 bridgehead atoms. The van der Waals surface area contributed by atoms with Crippen LogP contribution in [0.4, 0.5) is 10.1 Å². The highest BCUT2D eigenvalue weighted by molar-refractivity contribution is 5.87. The van der Waals surface area contributed by atoms with Crippen LogP contribution < -0.4 is 21.0 Å². The van der Waals surface area contributed by atoms with Gasteiger partial charge in [-0.05, 0) is 25.1 Å². The second-order valence-corrected chi connectivity index (χ2v) is 8.61. The van der Waals surface area contributed by atoms with Crippen LogP contribution in [-0.2, 0) is 16.1 Å². The van der Waals surface area contributed by atoms with Crippen molar-refractivity contribution in [1.82, 2.24) is 9.47 Å². The summed E-state index contributed by atoms with van der Waals surface area (Å²) in [4.78, 5) is 29.1. The van der Waals surface area contributed by atoms with E-state index in [0.29, 0.717) is 41.6 Å². The maximum atomic E-state index is 14.8. The van der Waals surface area contributed by atoms with Gasteiger partial charge in [0, 0.05) is 36.5 Å². The fourth-order valence-corrected chi connectivity index (χ4v) is 5.23. The van der Waals surface area contributed by atoms with Crippen LogP contribution in [0.5, 0.6) is 5.75 Å². The monoisotopic (exact) mass is 462 g/mol. The van der Waals surface area contributed by atoms with E-state index in [1.807, 2.05) is 11.8 Å². The first-order chi connectivity index (χ1) is 16.4. The molecular weight excluding hydrogens is 439 g/mol. The molecule has 1 aliphatic carbocycles. The molecule has 34 heavy (non-hydrogen) atoms. The topological polar surface area (TPSA) is 98.8 Å². The number of aromatic hydroxyl groups is 1. The van der Waals surface area contributed by atoms with Crippen LogP contribution in [0.2, 0.25) is 0 Å². The molecule has 1 fully saturated rings. The average Bonchev–Trinajstić information content (AvgIpc) is 3.20. The number of aromatic nitrogens is 1. The molecule has 0 radical (unpaired) electrons. The van der Waals surface area contributed by atoms with E-state index in [1.165, 1.54) is 28.8 Å². The normalized spacial score (nSPS) is 20.8. The van der Waals surface area contributed by atoms with E-state index in [-0.39, 0.29) is 42.0 Å². The second kappa shape index (κ2) is 8.06. The van der Waals surface area contributed by atoms with Gasteiger partial charge in [0.05, 0.1) is 23.5 Å². The number of carbonyl (C=O) groups is 1. The molecule has 1 amide bonds. The number of amides is 1. The number of benzene rings is 1. The summed E-state index contributed by atoms with van der Waals surface area (Å²) in [7, 11) is 0. The number of nitrogens with zero attached hydrogens (tertiary/aromatic N) is 4. The molecule has 3 heterocycles. The molecule has 8 nitrogen and oxygen atoms in total. The predicted octanol–water partition coefficient (Wildman–Crippen LogP) is 0.504. The van der Waals surface area contributed by atoms with Gasteiger partial charge in [-0.15, -0.1) is 0 Å². The number of halogens is 1. The quantitative estimate of drug-likeness (QED) is 0.668. The lowest BCUT2D eigenvalue weighted by atomic mass is 9.97. The van der Waals surface area contributed by atoms with E-state index in [0.717, 1.165) is 0 Å². The van der Waals surface area contributed by atoms with E-state index >= 15 is 0 Å². The minimum absolute atomic E-state index is 0.00463. The highest BCUT2D eigenvalue weighted by Crippen LogP contribution is 2.37. The molecule has 0 spiro atoms. The third-order valence-electron chi connectivity index (χ3n) is 6.75. The Bertz CT molecular complexity index is 1430. The van der Waals surface area contributed by atoms with Gasteiger partial charge in [-0.1, -0.05) is 18.7 Å². The number of phenols is 1. The number of pyridine rings is 1. The van der Waals surface area contributed by atoms with Gasteiger partial charge >= 0.3 is 0 Å². The van der Waals surface area contributed by atoms with Gasteiger partial charge in [0.1, 0.15) is 35.6 Å². The Labute approximate surface area is 194 Å². The van der Waals surface area contributed by atoms with Gasteiger partial charge in [0.15, 0.2) is 0 Å². The van der Waals surface area contributed by atoms with Crippen LogP contribution in [0.1, 0.15) is 24.0 Å². The van der Waals surface area contributed by atoms with Gasteiger partial charge in [-0.3, -0.25) is 9.59 Å². The van der Waals surface area contributed by atoms with E-state index in [2.05, 4.69) is 12.6 Å². The number of hydrogen-bond donors (Lipinski definition) is 1. The Morgan fingerprint density at radius 2 is 2.15 bits per heavy atom. The summed E-state index contributed by atoms with van der Waals surface area (Å²) in [6.07, 6.45) is 3.03. The van der Waals surface area contributed by atoms with E-state index in [1.54, 1.807) is 11.0 Å². The van der Waals surface area contributed by atoms with Crippen molar-refractivity contribution in [3.05, 3.63) is 68.7 Å². The van der Waals surface area contributed by atoms with E-state index < -0.39 is 17.3 Å². The fourth-order valence-electron chi connectivity index (χ4n) is 5.23. The number of hydrogen-bond acceptors (Lipinski definition) is 6. The molecule has 0 saturated carbocycles. The first kappa shape index (κ1) is 21.8. The third-order valence-corrected chi connectivity index (χ3v) is 6.75. The summed E-state index contributed by atoms with van der Waals surface area (Å²) in [6, 6.07) is 5.99. The number of phenolic OH excluding ortho intramolecular Hbond substituents is 1. The molecule has 174 valence electrons. The van der Waals surface area contributed by atoms with Crippen molar-refractivity contribution < 1.29 is 19.0 Å². The minimum atomic E-state index is -0.742. The lowest BCUT2D eigenvalue weighted by Crippen LogP contribution is -2.57. The molecule has 1 aromatic carbocycles. The molecule has 3 aliphatic rings. The first-order valence-electron chi connectivity index (χ1n) is 11.1. The smallest absolute Gasteiger partial charge is 0.271 e. The molecule has 9 heteroatoms. The van der Waals surface area contributed by atoms with E-state index in [9.17, 15) is 24.3 Å². The SMILES string of the molecule is C=CC(=O)N1CCN(c2c(C#N)c(=O)n3c4c2=CC(c2c(O)cccc2F)C=4OCC3)[C@@H](C)C1. The Morgan fingerprint density at radius 1 is 1.35 bits per heavy atom. The molecule has 5 rings (SSSR count). The summed E-state index contributed by atoms with van der Waals surface area (Å²) in [6.45, 7) is 7.14. The molecular formula is C25H23FN4O4. The van der Waals surface area contributed by atoms with Gasteiger partial charge in [-0.25, -0.2) is 4.39 Å². The first-order valence-corrected chi connectivity index (χ1v) is 11.1. The zero-order valence-corrected chi connectivity index (χ0v) is 18.6. The summed E-state index contributed by atoms with van der Waals surface area (Å²) in [5, 5.41) is 21.5. The maximum absolute atomic E-state index is 14.8. The van der Waals surface area contributed by atoms with Crippen LogP contribution in [0.3, 0.4) is 0 Å². The van der Waals surface area contributed by atoms with Crippen molar-refractivity contribution in [3.63, 3.8) is 0 Å². The van der Waals surface area contributed by atoms with Crippen LogP contribution in [0, 0.1) is 17.1 Å². The number of nitriles is 1. The second-order valence-electron chi connectivity index (χ2n) is 8.61. The van der Waals surface area contributed by atoms with Gasteiger partial charge in [-0.2, -0.15) is 5.26 Å². The highest BCUT2D eigenvalue weighted by Gasteiger charge is 2.36. The number of carbonyl (C=O) groups excluding carboxylic acids is 1. The molecule has 1 saturated heterocycles. The highest BCUT2D eigenvalue weighted by atomic mass is 19.1. The van der Waals surface area contributed by atoms with E-state index in [4.69, 9.17) is 4.74 Å². The average molecular weight is 462 g/mol. The maximum Gasteiger partial charge on any atom is 0.271 e.